The molecular formula is C13H20N3O3+. The van der Waals surface area contributed by atoms with Crippen molar-refractivity contribution in [1.82, 2.24) is 10.2 Å². The maximum Gasteiger partial charge on any atom is 0.324 e. The lowest BCUT2D eigenvalue weighted by Gasteiger charge is -2.23. The number of amides is 3. The molecule has 104 valence electrons. The SMILES string of the molecule is Cc1ccc(C[NH+](C)[C@@H](C)C(=O)N2CCNC2=O)o1. The summed E-state index contributed by atoms with van der Waals surface area (Å²) in [5.74, 6) is 1.57. The lowest BCUT2D eigenvalue weighted by atomic mass is 10.2. The predicted molar refractivity (Wildman–Crippen MR) is 68.6 cm³/mol. The predicted octanol–water partition coefficient (Wildman–Crippen LogP) is -0.457. The van der Waals surface area contributed by atoms with Crippen LogP contribution < -0.4 is 10.2 Å². The van der Waals surface area contributed by atoms with Gasteiger partial charge in [-0.3, -0.25) is 9.69 Å². The Balaban J connectivity index is 1.96. The number of likely N-dealkylation sites (N-methyl/N-ethyl adjacent to an activating group) is 1. The molecule has 6 heteroatoms. The van der Waals surface area contributed by atoms with Crippen LogP contribution in [-0.4, -0.2) is 43.0 Å². The van der Waals surface area contributed by atoms with Gasteiger partial charge in [0.25, 0.3) is 5.91 Å². The Morgan fingerprint density at radius 3 is 2.84 bits per heavy atom. The van der Waals surface area contributed by atoms with Crippen molar-refractivity contribution in [2.24, 2.45) is 0 Å². The van der Waals surface area contributed by atoms with Crippen LogP contribution in [0, 0.1) is 6.92 Å². The monoisotopic (exact) mass is 266 g/mol. The molecule has 1 aliphatic heterocycles. The van der Waals surface area contributed by atoms with E-state index >= 15 is 0 Å². The fraction of sp³-hybridized carbons (Fsp3) is 0.538. The van der Waals surface area contributed by atoms with Crippen LogP contribution in [0.1, 0.15) is 18.4 Å². The molecule has 1 unspecified atom stereocenters. The fourth-order valence-electron chi connectivity index (χ4n) is 2.13. The van der Waals surface area contributed by atoms with Crippen LogP contribution in [0.25, 0.3) is 0 Å². The van der Waals surface area contributed by atoms with Crippen molar-refractivity contribution in [3.05, 3.63) is 23.7 Å². The van der Waals surface area contributed by atoms with E-state index in [0.717, 1.165) is 16.4 Å². The average Bonchev–Trinajstić information content (AvgIpc) is 2.96. The van der Waals surface area contributed by atoms with E-state index in [1.807, 2.05) is 33.0 Å². The van der Waals surface area contributed by atoms with Gasteiger partial charge in [0, 0.05) is 13.1 Å². The number of carbonyl (C=O) groups is 2. The van der Waals surface area contributed by atoms with Crippen molar-refractivity contribution in [2.75, 3.05) is 20.1 Å². The molecule has 2 atom stereocenters. The number of aryl methyl sites for hydroxylation is 1. The summed E-state index contributed by atoms with van der Waals surface area (Å²) in [6, 6.07) is 3.24. The number of hydrogen-bond donors (Lipinski definition) is 2. The molecule has 0 bridgehead atoms. The van der Waals surface area contributed by atoms with E-state index in [0.29, 0.717) is 19.6 Å². The largest absolute Gasteiger partial charge is 0.460 e. The van der Waals surface area contributed by atoms with E-state index in [4.69, 9.17) is 4.42 Å². The molecule has 0 saturated carbocycles. The van der Waals surface area contributed by atoms with Crippen molar-refractivity contribution in [3.8, 4) is 0 Å². The minimum atomic E-state index is -0.293. The standard InChI is InChI=1S/C13H19N3O3/c1-9-4-5-11(19-9)8-15(3)10(2)12(17)16-7-6-14-13(16)18/h4-5,10H,6-8H2,1-3H3,(H,14,18)/p+1/t10-/m0/s1. The zero-order valence-electron chi connectivity index (χ0n) is 11.5. The Morgan fingerprint density at radius 2 is 2.32 bits per heavy atom. The molecule has 6 nitrogen and oxygen atoms in total. The molecule has 1 aromatic heterocycles. The normalized spacial score (nSPS) is 18.3. The lowest BCUT2D eigenvalue weighted by molar-refractivity contribution is -0.909. The van der Waals surface area contributed by atoms with Gasteiger partial charge < -0.3 is 14.6 Å². The van der Waals surface area contributed by atoms with E-state index in [2.05, 4.69) is 5.32 Å². The van der Waals surface area contributed by atoms with E-state index in [-0.39, 0.29) is 18.0 Å². The average molecular weight is 266 g/mol. The second kappa shape index (κ2) is 5.44. The first-order chi connectivity index (χ1) is 8.99. The van der Waals surface area contributed by atoms with Crippen LogP contribution in [0.15, 0.2) is 16.5 Å². The van der Waals surface area contributed by atoms with Gasteiger partial charge in [0.1, 0.15) is 12.3 Å². The Kier molecular flexibility index (Phi) is 3.90. The Labute approximate surface area is 112 Å². The highest BCUT2D eigenvalue weighted by atomic mass is 16.3. The van der Waals surface area contributed by atoms with Crippen LogP contribution >= 0.6 is 0 Å². The molecular weight excluding hydrogens is 246 g/mol. The molecule has 1 saturated heterocycles. The molecule has 1 aromatic rings. The molecule has 3 amide bonds. The third-order valence-electron chi connectivity index (χ3n) is 3.48. The third-order valence-corrected chi connectivity index (χ3v) is 3.48. The lowest BCUT2D eigenvalue weighted by Crippen LogP contribution is -3.12. The third kappa shape index (κ3) is 2.96. The summed E-state index contributed by atoms with van der Waals surface area (Å²) in [7, 11) is 1.92. The molecule has 0 spiro atoms. The summed E-state index contributed by atoms with van der Waals surface area (Å²) in [6.45, 7) is 5.33. The Hall–Kier alpha value is -1.82. The van der Waals surface area contributed by atoms with Crippen LogP contribution in [0.2, 0.25) is 0 Å². The van der Waals surface area contributed by atoms with Crippen LogP contribution in [-0.2, 0) is 11.3 Å². The molecule has 0 radical (unpaired) electrons. The Bertz CT molecular complexity index is 483. The van der Waals surface area contributed by atoms with Crippen molar-refractivity contribution in [2.45, 2.75) is 26.4 Å². The number of quaternary nitrogens is 1. The molecule has 2 heterocycles. The highest BCUT2D eigenvalue weighted by molar-refractivity contribution is 5.97. The maximum atomic E-state index is 12.2. The summed E-state index contributed by atoms with van der Waals surface area (Å²) in [6.07, 6.45) is 0. The van der Waals surface area contributed by atoms with Gasteiger partial charge in [-0.2, -0.15) is 0 Å². The van der Waals surface area contributed by atoms with Gasteiger partial charge in [0.05, 0.1) is 7.05 Å². The van der Waals surface area contributed by atoms with Crippen molar-refractivity contribution < 1.29 is 18.9 Å². The van der Waals surface area contributed by atoms with Gasteiger partial charge >= 0.3 is 6.03 Å². The topological polar surface area (TPSA) is 67.0 Å². The number of urea groups is 1. The first-order valence-electron chi connectivity index (χ1n) is 6.46. The summed E-state index contributed by atoms with van der Waals surface area (Å²) >= 11 is 0. The zero-order valence-corrected chi connectivity index (χ0v) is 11.5. The van der Waals surface area contributed by atoms with Crippen LogP contribution in [0.3, 0.4) is 0 Å². The van der Waals surface area contributed by atoms with Gasteiger partial charge in [-0.05, 0) is 26.0 Å². The minimum Gasteiger partial charge on any atom is -0.460 e. The number of hydrogen-bond acceptors (Lipinski definition) is 3. The smallest absolute Gasteiger partial charge is 0.324 e. The highest BCUT2D eigenvalue weighted by Crippen LogP contribution is 2.05. The van der Waals surface area contributed by atoms with Crippen LogP contribution in [0.5, 0.6) is 0 Å². The number of nitrogens with one attached hydrogen (secondary N) is 2. The minimum absolute atomic E-state index is 0.143. The number of imide groups is 1. The molecule has 1 fully saturated rings. The summed E-state index contributed by atoms with van der Waals surface area (Å²) in [5, 5.41) is 2.64. The van der Waals surface area contributed by atoms with E-state index in [1.165, 1.54) is 4.90 Å². The number of rotatable bonds is 4. The van der Waals surface area contributed by atoms with Gasteiger partial charge in [-0.25, -0.2) is 4.79 Å². The fourth-order valence-corrected chi connectivity index (χ4v) is 2.13. The molecule has 2 rings (SSSR count). The number of nitrogens with zero attached hydrogens (tertiary/aromatic N) is 1. The van der Waals surface area contributed by atoms with Gasteiger partial charge in [-0.15, -0.1) is 0 Å². The molecule has 1 aliphatic rings. The molecule has 0 aliphatic carbocycles. The van der Waals surface area contributed by atoms with Gasteiger partial charge in [0.15, 0.2) is 11.8 Å². The van der Waals surface area contributed by atoms with Crippen molar-refractivity contribution >= 4 is 11.9 Å². The quantitative estimate of drug-likeness (QED) is 0.775. The van der Waals surface area contributed by atoms with Crippen molar-refractivity contribution in [1.29, 1.82) is 0 Å². The van der Waals surface area contributed by atoms with Gasteiger partial charge in [-0.1, -0.05) is 0 Å². The summed E-state index contributed by atoms with van der Waals surface area (Å²) < 4.78 is 5.51. The Morgan fingerprint density at radius 1 is 1.58 bits per heavy atom. The molecule has 19 heavy (non-hydrogen) atoms. The summed E-state index contributed by atoms with van der Waals surface area (Å²) in [4.78, 5) is 26.0. The van der Waals surface area contributed by atoms with E-state index < -0.39 is 0 Å². The number of furan rings is 1. The van der Waals surface area contributed by atoms with E-state index in [1.54, 1.807) is 0 Å². The summed E-state index contributed by atoms with van der Waals surface area (Å²) in [5.41, 5.74) is 0. The highest BCUT2D eigenvalue weighted by Gasteiger charge is 2.33. The zero-order chi connectivity index (χ0) is 14.0. The first kappa shape index (κ1) is 13.6. The maximum absolute atomic E-state index is 12.2. The van der Waals surface area contributed by atoms with Crippen molar-refractivity contribution in [3.63, 3.8) is 0 Å². The first-order valence-corrected chi connectivity index (χ1v) is 6.46. The number of carbonyl (C=O) groups excluding carboxylic acids is 2. The van der Waals surface area contributed by atoms with Gasteiger partial charge in [0.2, 0.25) is 0 Å². The second-order valence-electron chi connectivity index (χ2n) is 4.98. The van der Waals surface area contributed by atoms with Crippen LogP contribution in [0.4, 0.5) is 4.79 Å². The molecule has 0 aromatic carbocycles. The molecule has 2 N–H and O–H groups in total. The second-order valence-corrected chi connectivity index (χ2v) is 4.98. The van der Waals surface area contributed by atoms with E-state index in [9.17, 15) is 9.59 Å².